The molecule has 0 spiro atoms. The predicted molar refractivity (Wildman–Crippen MR) is 89.1 cm³/mol. The van der Waals surface area contributed by atoms with Crippen LogP contribution in [0, 0.1) is 5.92 Å². The second-order valence-electron chi connectivity index (χ2n) is 7.33. The van der Waals surface area contributed by atoms with E-state index in [2.05, 4.69) is 38.1 Å². The molecule has 22 heavy (non-hydrogen) atoms. The summed E-state index contributed by atoms with van der Waals surface area (Å²) in [5.74, 6) is 0.813. The molecule has 5 heteroatoms. The van der Waals surface area contributed by atoms with Crippen LogP contribution in [0.4, 0.5) is 0 Å². The third-order valence-electron chi connectivity index (χ3n) is 4.45. The lowest BCUT2D eigenvalue weighted by molar-refractivity contribution is 0.0679. The molecule has 1 aromatic rings. The fourth-order valence-electron chi connectivity index (χ4n) is 2.88. The number of amides is 1. The number of carbonyl (C=O) groups is 1. The van der Waals surface area contributed by atoms with Gasteiger partial charge in [0.05, 0.1) is 5.69 Å². The van der Waals surface area contributed by atoms with Crippen molar-refractivity contribution in [1.82, 2.24) is 20.0 Å². The van der Waals surface area contributed by atoms with Gasteiger partial charge in [-0.3, -0.25) is 9.48 Å². The number of aromatic nitrogens is 2. The number of rotatable bonds is 4. The number of nitrogens with zero attached hydrogens (tertiary/aromatic N) is 3. The fraction of sp³-hybridized carbons (Fsp3) is 0.765. The van der Waals surface area contributed by atoms with Crippen molar-refractivity contribution in [2.24, 2.45) is 13.0 Å². The van der Waals surface area contributed by atoms with Gasteiger partial charge in [0.25, 0.3) is 5.91 Å². The molecule has 2 heterocycles. The number of hydrogen-bond acceptors (Lipinski definition) is 3. The largest absolute Gasteiger partial charge is 0.337 e. The smallest absolute Gasteiger partial charge is 0.272 e. The average Bonchev–Trinajstić information content (AvgIpc) is 2.87. The zero-order valence-corrected chi connectivity index (χ0v) is 14.6. The highest BCUT2D eigenvalue weighted by molar-refractivity contribution is 5.92. The summed E-state index contributed by atoms with van der Waals surface area (Å²) >= 11 is 0. The van der Waals surface area contributed by atoms with E-state index >= 15 is 0 Å². The standard InChI is InChI=1S/C17H30N4O/c1-6-18-12-13-7-9-21(10-8-13)16(22)14-11-15(17(2,3)4)19-20(14)5/h11,13,18H,6-10,12H2,1-5H3. The quantitative estimate of drug-likeness (QED) is 0.927. The molecule has 0 atom stereocenters. The van der Waals surface area contributed by atoms with Crippen LogP contribution in [0.25, 0.3) is 0 Å². The highest BCUT2D eigenvalue weighted by Crippen LogP contribution is 2.23. The number of aryl methyl sites for hydroxylation is 1. The van der Waals surface area contributed by atoms with Gasteiger partial charge in [-0.15, -0.1) is 0 Å². The molecular formula is C17H30N4O. The lowest BCUT2D eigenvalue weighted by atomic mass is 9.92. The molecule has 1 N–H and O–H groups in total. The molecule has 1 aliphatic heterocycles. The lowest BCUT2D eigenvalue weighted by Gasteiger charge is -2.32. The SMILES string of the molecule is CCNCC1CCN(C(=O)c2cc(C(C)(C)C)nn2C)CC1. The summed E-state index contributed by atoms with van der Waals surface area (Å²) in [5.41, 5.74) is 1.64. The summed E-state index contributed by atoms with van der Waals surface area (Å²) < 4.78 is 1.73. The van der Waals surface area contributed by atoms with E-state index in [1.807, 2.05) is 18.0 Å². The monoisotopic (exact) mass is 306 g/mol. The van der Waals surface area contributed by atoms with E-state index in [1.165, 1.54) is 0 Å². The molecule has 0 saturated carbocycles. The van der Waals surface area contributed by atoms with E-state index in [4.69, 9.17) is 0 Å². The Morgan fingerprint density at radius 3 is 2.50 bits per heavy atom. The molecule has 0 aliphatic carbocycles. The van der Waals surface area contributed by atoms with Crippen molar-refractivity contribution in [3.05, 3.63) is 17.5 Å². The molecule has 5 nitrogen and oxygen atoms in total. The first-order chi connectivity index (χ1) is 10.3. The summed E-state index contributed by atoms with van der Waals surface area (Å²) in [7, 11) is 1.86. The van der Waals surface area contributed by atoms with E-state index in [0.717, 1.165) is 44.7 Å². The minimum atomic E-state index is -0.0326. The van der Waals surface area contributed by atoms with Gasteiger partial charge in [-0.2, -0.15) is 5.10 Å². The maximum absolute atomic E-state index is 12.7. The third kappa shape index (κ3) is 3.88. The molecule has 0 unspecified atom stereocenters. The summed E-state index contributed by atoms with van der Waals surface area (Å²) in [6.07, 6.45) is 2.17. The van der Waals surface area contributed by atoms with Gasteiger partial charge in [-0.1, -0.05) is 27.7 Å². The van der Waals surface area contributed by atoms with Crippen LogP contribution in [-0.2, 0) is 12.5 Å². The van der Waals surface area contributed by atoms with Crippen molar-refractivity contribution in [3.8, 4) is 0 Å². The Morgan fingerprint density at radius 2 is 2.00 bits per heavy atom. The Hall–Kier alpha value is -1.36. The topological polar surface area (TPSA) is 50.2 Å². The van der Waals surface area contributed by atoms with Gasteiger partial charge in [0, 0.05) is 25.6 Å². The number of carbonyl (C=O) groups excluding carboxylic acids is 1. The van der Waals surface area contributed by atoms with Crippen LogP contribution >= 0.6 is 0 Å². The molecule has 1 fully saturated rings. The Bertz CT molecular complexity index is 507. The first kappa shape index (κ1) is 17.0. The minimum Gasteiger partial charge on any atom is -0.337 e. The summed E-state index contributed by atoms with van der Waals surface area (Å²) in [5, 5.41) is 7.92. The molecule has 0 radical (unpaired) electrons. The second-order valence-corrected chi connectivity index (χ2v) is 7.33. The van der Waals surface area contributed by atoms with Crippen LogP contribution in [0.3, 0.4) is 0 Å². The maximum Gasteiger partial charge on any atom is 0.272 e. The van der Waals surface area contributed by atoms with Crippen molar-refractivity contribution in [3.63, 3.8) is 0 Å². The van der Waals surface area contributed by atoms with Gasteiger partial charge in [-0.25, -0.2) is 0 Å². The van der Waals surface area contributed by atoms with Gasteiger partial charge in [0.15, 0.2) is 0 Å². The van der Waals surface area contributed by atoms with Gasteiger partial charge >= 0.3 is 0 Å². The normalized spacial score (nSPS) is 17.0. The minimum absolute atomic E-state index is 0.0326. The lowest BCUT2D eigenvalue weighted by Crippen LogP contribution is -2.41. The van der Waals surface area contributed by atoms with Crippen LogP contribution < -0.4 is 5.32 Å². The van der Waals surface area contributed by atoms with Gasteiger partial charge in [0.2, 0.25) is 0 Å². The van der Waals surface area contributed by atoms with Crippen molar-refractivity contribution in [2.45, 2.75) is 46.0 Å². The molecule has 2 rings (SSSR count). The maximum atomic E-state index is 12.7. The van der Waals surface area contributed by atoms with Gasteiger partial charge < -0.3 is 10.2 Å². The highest BCUT2D eigenvalue weighted by Gasteiger charge is 2.27. The predicted octanol–water partition coefficient (Wildman–Crippen LogP) is 2.18. The van der Waals surface area contributed by atoms with E-state index in [0.29, 0.717) is 11.6 Å². The number of hydrogen-bond donors (Lipinski definition) is 1. The summed E-state index contributed by atoms with van der Waals surface area (Å²) in [4.78, 5) is 14.7. The van der Waals surface area contributed by atoms with Crippen LogP contribution in [0.15, 0.2) is 6.07 Å². The number of nitrogens with one attached hydrogen (secondary N) is 1. The second kappa shape index (κ2) is 6.82. The third-order valence-corrected chi connectivity index (χ3v) is 4.45. The molecule has 0 bridgehead atoms. The van der Waals surface area contributed by atoms with Crippen molar-refractivity contribution < 1.29 is 4.79 Å². The Balaban J connectivity index is 2.00. The zero-order valence-electron chi connectivity index (χ0n) is 14.6. The first-order valence-electron chi connectivity index (χ1n) is 8.37. The van der Waals surface area contributed by atoms with Gasteiger partial charge in [-0.05, 0) is 37.9 Å². The Labute approximate surface area is 134 Å². The zero-order chi connectivity index (χ0) is 16.3. The van der Waals surface area contributed by atoms with E-state index in [1.54, 1.807) is 4.68 Å². The van der Waals surface area contributed by atoms with Crippen molar-refractivity contribution in [1.29, 1.82) is 0 Å². The Morgan fingerprint density at radius 1 is 1.36 bits per heavy atom. The van der Waals surface area contributed by atoms with Crippen molar-refractivity contribution >= 4 is 5.91 Å². The van der Waals surface area contributed by atoms with Crippen LogP contribution in [0.2, 0.25) is 0 Å². The summed E-state index contributed by atoms with van der Waals surface area (Å²) in [6, 6.07) is 1.95. The van der Waals surface area contributed by atoms with Crippen LogP contribution in [0.1, 0.15) is 56.7 Å². The average molecular weight is 306 g/mol. The molecule has 1 aromatic heterocycles. The highest BCUT2D eigenvalue weighted by atomic mass is 16.2. The molecule has 1 saturated heterocycles. The molecular weight excluding hydrogens is 276 g/mol. The van der Waals surface area contributed by atoms with Gasteiger partial charge in [0.1, 0.15) is 5.69 Å². The van der Waals surface area contributed by atoms with E-state index in [9.17, 15) is 4.79 Å². The fourth-order valence-corrected chi connectivity index (χ4v) is 2.88. The van der Waals surface area contributed by atoms with Crippen LogP contribution in [-0.4, -0.2) is 46.8 Å². The molecule has 1 amide bonds. The number of likely N-dealkylation sites (tertiary alicyclic amines) is 1. The molecule has 124 valence electrons. The first-order valence-corrected chi connectivity index (χ1v) is 8.37. The van der Waals surface area contributed by atoms with E-state index in [-0.39, 0.29) is 11.3 Å². The molecule has 0 aromatic carbocycles. The van der Waals surface area contributed by atoms with Crippen LogP contribution in [0.5, 0.6) is 0 Å². The summed E-state index contributed by atoms with van der Waals surface area (Å²) in [6.45, 7) is 12.3. The number of piperidine rings is 1. The van der Waals surface area contributed by atoms with Crippen molar-refractivity contribution in [2.75, 3.05) is 26.2 Å². The van der Waals surface area contributed by atoms with E-state index < -0.39 is 0 Å². The Kier molecular flexibility index (Phi) is 5.27. The molecule has 1 aliphatic rings.